The fourth-order valence-corrected chi connectivity index (χ4v) is 3.51. The number of benzene rings is 2. The Bertz CT molecular complexity index is 938. The lowest BCUT2D eigenvalue weighted by atomic mass is 9.95. The van der Waals surface area contributed by atoms with Gasteiger partial charge >= 0.3 is 5.97 Å². The molecule has 6 nitrogen and oxygen atoms in total. The molecule has 1 atom stereocenters. The number of esters is 1. The highest BCUT2D eigenvalue weighted by molar-refractivity contribution is 5.96. The first-order valence-electron chi connectivity index (χ1n) is 10.8. The van der Waals surface area contributed by atoms with E-state index in [9.17, 15) is 18.8 Å². The van der Waals surface area contributed by atoms with Crippen molar-refractivity contribution in [2.24, 2.45) is 0 Å². The smallest absolute Gasteiger partial charge is 0.338 e. The van der Waals surface area contributed by atoms with E-state index in [1.54, 1.807) is 30.3 Å². The normalized spacial score (nSPS) is 15.2. The molecule has 0 spiro atoms. The molecule has 0 heterocycles. The Morgan fingerprint density at radius 1 is 1.00 bits per heavy atom. The summed E-state index contributed by atoms with van der Waals surface area (Å²) in [5.74, 6) is -1.85. The molecule has 0 aromatic heterocycles. The van der Waals surface area contributed by atoms with Gasteiger partial charge in [-0.2, -0.15) is 0 Å². The van der Waals surface area contributed by atoms with E-state index in [1.165, 1.54) is 36.4 Å². The summed E-state index contributed by atoms with van der Waals surface area (Å²) in [5, 5.41) is 5.56. The predicted molar refractivity (Wildman–Crippen MR) is 119 cm³/mol. The Labute approximate surface area is 186 Å². The van der Waals surface area contributed by atoms with Crippen molar-refractivity contribution in [3.8, 4) is 0 Å². The number of hydrogen-bond donors (Lipinski definition) is 2. The molecule has 0 bridgehead atoms. The Morgan fingerprint density at radius 3 is 2.38 bits per heavy atom. The molecule has 1 fully saturated rings. The van der Waals surface area contributed by atoms with Crippen molar-refractivity contribution < 1.29 is 23.5 Å². The van der Waals surface area contributed by atoms with Gasteiger partial charge in [-0.05, 0) is 48.7 Å². The number of rotatable bonds is 8. The van der Waals surface area contributed by atoms with Crippen LogP contribution in [0.1, 0.15) is 48.0 Å². The lowest BCUT2D eigenvalue weighted by molar-refractivity contribution is -0.128. The molecular formula is C25H27FN2O4. The van der Waals surface area contributed by atoms with Crippen molar-refractivity contribution in [1.82, 2.24) is 10.6 Å². The van der Waals surface area contributed by atoms with Gasteiger partial charge in [-0.3, -0.25) is 9.59 Å². The second-order valence-corrected chi connectivity index (χ2v) is 7.75. The van der Waals surface area contributed by atoms with Gasteiger partial charge in [0.2, 0.25) is 11.8 Å². The average Bonchev–Trinajstić information content (AvgIpc) is 2.82. The van der Waals surface area contributed by atoms with E-state index in [0.29, 0.717) is 11.1 Å². The van der Waals surface area contributed by atoms with Crippen molar-refractivity contribution >= 4 is 23.9 Å². The summed E-state index contributed by atoms with van der Waals surface area (Å²) in [6.07, 6.45) is 7.79. The lowest BCUT2D eigenvalue weighted by Crippen LogP contribution is -2.52. The maximum absolute atomic E-state index is 13.0. The van der Waals surface area contributed by atoms with Gasteiger partial charge in [0.05, 0.1) is 5.56 Å². The van der Waals surface area contributed by atoms with Gasteiger partial charge in [-0.1, -0.05) is 49.6 Å². The Kier molecular flexibility index (Phi) is 8.54. The van der Waals surface area contributed by atoms with E-state index >= 15 is 0 Å². The van der Waals surface area contributed by atoms with Gasteiger partial charge in [-0.15, -0.1) is 0 Å². The number of amides is 2. The molecule has 1 aliphatic carbocycles. The van der Waals surface area contributed by atoms with E-state index in [1.807, 2.05) is 0 Å². The van der Waals surface area contributed by atoms with Gasteiger partial charge in [0.1, 0.15) is 18.5 Å². The van der Waals surface area contributed by atoms with E-state index < -0.39 is 17.9 Å². The van der Waals surface area contributed by atoms with Crippen molar-refractivity contribution in [3.63, 3.8) is 0 Å². The van der Waals surface area contributed by atoms with E-state index in [0.717, 1.165) is 32.1 Å². The molecule has 0 unspecified atom stereocenters. The van der Waals surface area contributed by atoms with Gasteiger partial charge in [-0.25, -0.2) is 9.18 Å². The number of carbonyl (C=O) groups excluding carboxylic acids is 3. The van der Waals surface area contributed by atoms with Crippen LogP contribution in [0.15, 0.2) is 60.7 Å². The molecule has 0 radical (unpaired) electrons. The molecule has 1 saturated carbocycles. The molecule has 3 rings (SSSR count). The molecule has 7 heteroatoms. The summed E-state index contributed by atoms with van der Waals surface area (Å²) in [4.78, 5) is 37.5. The van der Waals surface area contributed by atoms with Crippen molar-refractivity contribution in [3.05, 3.63) is 77.6 Å². The summed E-state index contributed by atoms with van der Waals surface area (Å²) in [6.45, 7) is -0.289. The summed E-state index contributed by atoms with van der Waals surface area (Å²) in [5.41, 5.74) is 1.00. The number of carbonyl (C=O) groups is 3. The van der Waals surface area contributed by atoms with Crippen molar-refractivity contribution in [2.75, 3.05) is 6.61 Å². The van der Waals surface area contributed by atoms with E-state index in [2.05, 4.69) is 10.6 Å². The van der Waals surface area contributed by atoms with Crippen LogP contribution in [0.2, 0.25) is 0 Å². The molecular weight excluding hydrogens is 411 g/mol. The summed E-state index contributed by atoms with van der Waals surface area (Å²) < 4.78 is 18.3. The van der Waals surface area contributed by atoms with Crippen molar-refractivity contribution in [2.45, 2.75) is 44.2 Å². The van der Waals surface area contributed by atoms with Gasteiger partial charge in [0.25, 0.3) is 0 Å². The van der Waals surface area contributed by atoms with Gasteiger partial charge < -0.3 is 15.4 Å². The fourth-order valence-electron chi connectivity index (χ4n) is 3.51. The van der Waals surface area contributed by atoms with E-state index in [4.69, 9.17) is 4.74 Å². The quantitative estimate of drug-likeness (QED) is 0.487. The van der Waals surface area contributed by atoms with Crippen LogP contribution in [0.4, 0.5) is 4.39 Å². The third kappa shape index (κ3) is 7.34. The van der Waals surface area contributed by atoms with Crippen LogP contribution in [0.25, 0.3) is 6.08 Å². The first kappa shape index (κ1) is 23.2. The van der Waals surface area contributed by atoms with Crippen LogP contribution in [0.5, 0.6) is 0 Å². The fraction of sp³-hybridized carbons (Fsp3) is 0.320. The van der Waals surface area contributed by atoms with Crippen LogP contribution in [-0.2, 0) is 14.3 Å². The van der Waals surface area contributed by atoms with Crippen LogP contribution in [-0.4, -0.2) is 36.5 Å². The van der Waals surface area contributed by atoms with Crippen LogP contribution >= 0.6 is 0 Å². The zero-order valence-corrected chi connectivity index (χ0v) is 17.8. The van der Waals surface area contributed by atoms with Crippen LogP contribution in [0, 0.1) is 5.82 Å². The topological polar surface area (TPSA) is 84.5 Å². The summed E-state index contributed by atoms with van der Waals surface area (Å²) >= 11 is 0. The third-order valence-electron chi connectivity index (χ3n) is 5.27. The van der Waals surface area contributed by atoms with Crippen LogP contribution in [0.3, 0.4) is 0 Å². The monoisotopic (exact) mass is 438 g/mol. The molecule has 32 heavy (non-hydrogen) atoms. The Balaban J connectivity index is 1.62. The number of nitrogens with one attached hydrogen (secondary N) is 2. The predicted octanol–water partition coefficient (Wildman–Crippen LogP) is 3.63. The molecule has 2 amide bonds. The van der Waals surface area contributed by atoms with Crippen LogP contribution < -0.4 is 10.6 Å². The summed E-state index contributed by atoms with van der Waals surface area (Å²) in [7, 11) is 0. The maximum Gasteiger partial charge on any atom is 0.338 e. The highest BCUT2D eigenvalue weighted by Gasteiger charge is 2.25. The zero-order valence-electron chi connectivity index (χ0n) is 17.8. The highest BCUT2D eigenvalue weighted by atomic mass is 19.1. The first-order valence-corrected chi connectivity index (χ1v) is 10.8. The number of ether oxygens (including phenoxy) is 1. The SMILES string of the molecule is O=C(/C=C/c1ccc(F)cc1)N[C@H](COC(=O)c1ccccc1)C(=O)NC1CCCCC1. The third-order valence-corrected chi connectivity index (χ3v) is 5.27. The molecule has 0 saturated heterocycles. The molecule has 0 aliphatic heterocycles. The van der Waals surface area contributed by atoms with Gasteiger partial charge in [0, 0.05) is 12.1 Å². The van der Waals surface area contributed by atoms with E-state index in [-0.39, 0.29) is 24.4 Å². The molecule has 2 aromatic rings. The summed E-state index contributed by atoms with van der Waals surface area (Å²) in [6, 6.07) is 13.1. The Morgan fingerprint density at radius 2 is 1.69 bits per heavy atom. The number of halogens is 1. The zero-order chi connectivity index (χ0) is 22.8. The average molecular weight is 438 g/mol. The second-order valence-electron chi connectivity index (χ2n) is 7.75. The Hall–Kier alpha value is -3.48. The first-order chi connectivity index (χ1) is 15.5. The molecule has 168 valence electrons. The lowest BCUT2D eigenvalue weighted by Gasteiger charge is -2.25. The second kappa shape index (κ2) is 11.8. The molecule has 2 N–H and O–H groups in total. The minimum Gasteiger partial charge on any atom is -0.459 e. The minimum atomic E-state index is -1.03. The molecule has 1 aliphatic rings. The standard InChI is InChI=1S/C25H27FN2O4/c26-20-14-11-18(12-15-20)13-16-23(29)28-22(24(30)27-21-9-5-2-6-10-21)17-32-25(31)19-7-3-1-4-8-19/h1,3-4,7-8,11-16,21-22H,2,5-6,9-10,17H2,(H,27,30)(H,28,29)/b16-13+/t22-/m1/s1. The molecule has 2 aromatic carbocycles. The largest absolute Gasteiger partial charge is 0.459 e. The number of hydrogen-bond acceptors (Lipinski definition) is 4. The van der Waals surface area contributed by atoms with Gasteiger partial charge in [0.15, 0.2) is 0 Å². The van der Waals surface area contributed by atoms with Crippen molar-refractivity contribution in [1.29, 1.82) is 0 Å². The maximum atomic E-state index is 13.0. The highest BCUT2D eigenvalue weighted by Crippen LogP contribution is 2.17. The minimum absolute atomic E-state index is 0.0511.